The molecule has 4 rings (SSSR count). The highest BCUT2D eigenvalue weighted by molar-refractivity contribution is 6.08. The van der Waals surface area contributed by atoms with Crippen LogP contribution in [0.15, 0.2) is 127 Å². The summed E-state index contributed by atoms with van der Waals surface area (Å²) in [6, 6.07) is 33.1. The van der Waals surface area contributed by atoms with E-state index in [9.17, 15) is 14.4 Å². The van der Waals surface area contributed by atoms with Crippen LogP contribution < -0.4 is 10.6 Å². The fourth-order valence-electron chi connectivity index (χ4n) is 3.58. The summed E-state index contributed by atoms with van der Waals surface area (Å²) >= 11 is 0. The molecule has 0 atom stereocenters. The van der Waals surface area contributed by atoms with Gasteiger partial charge < -0.3 is 10.6 Å². The molecule has 0 aliphatic carbocycles. The van der Waals surface area contributed by atoms with Gasteiger partial charge in [-0.05, 0) is 59.2 Å². The average molecular weight is 499 g/mol. The van der Waals surface area contributed by atoms with Crippen molar-refractivity contribution in [2.45, 2.75) is 0 Å². The lowest BCUT2D eigenvalue weighted by atomic mass is 10.1. The molecule has 4 aromatic carbocycles. The van der Waals surface area contributed by atoms with Crippen molar-refractivity contribution in [3.63, 3.8) is 0 Å². The lowest BCUT2D eigenvalue weighted by Crippen LogP contribution is -2.08. The first-order valence-corrected chi connectivity index (χ1v) is 12.1. The van der Waals surface area contributed by atoms with Gasteiger partial charge in [0.25, 0.3) is 0 Å². The Hall–Kier alpha value is -5.29. The molecule has 0 fully saturated rings. The Morgan fingerprint density at radius 2 is 0.947 bits per heavy atom. The van der Waals surface area contributed by atoms with Crippen LogP contribution in [0.3, 0.4) is 0 Å². The highest BCUT2D eigenvalue weighted by Gasteiger charge is 2.05. The number of amides is 2. The highest BCUT2D eigenvalue weighted by atomic mass is 16.2. The number of rotatable bonds is 9. The Kier molecular flexibility index (Phi) is 8.92. The molecule has 186 valence electrons. The van der Waals surface area contributed by atoms with Gasteiger partial charge >= 0.3 is 0 Å². The van der Waals surface area contributed by atoms with Crippen molar-refractivity contribution in [2.75, 3.05) is 10.6 Å². The van der Waals surface area contributed by atoms with E-state index in [4.69, 9.17) is 0 Å². The fraction of sp³-hybridized carbons (Fsp3) is 0. The maximum Gasteiger partial charge on any atom is 0.248 e. The predicted octanol–water partition coefficient (Wildman–Crippen LogP) is 6.89. The molecule has 5 heteroatoms. The number of hydrogen-bond acceptors (Lipinski definition) is 3. The number of nitrogens with one attached hydrogen (secondary N) is 2. The Bertz CT molecular complexity index is 1500. The third-order valence-corrected chi connectivity index (χ3v) is 5.45. The van der Waals surface area contributed by atoms with Crippen molar-refractivity contribution in [1.82, 2.24) is 0 Å². The number of carbonyl (C=O) groups is 3. The summed E-state index contributed by atoms with van der Waals surface area (Å²) in [6.45, 7) is 0. The smallest absolute Gasteiger partial charge is 0.248 e. The maximum atomic E-state index is 12.8. The fourth-order valence-corrected chi connectivity index (χ4v) is 3.58. The van der Waals surface area contributed by atoms with E-state index in [1.807, 2.05) is 66.7 Å². The summed E-state index contributed by atoms with van der Waals surface area (Å²) < 4.78 is 0. The number of benzene rings is 4. The van der Waals surface area contributed by atoms with Gasteiger partial charge in [-0.25, -0.2) is 0 Å². The molecular formula is C33H26N2O3. The second kappa shape index (κ2) is 13.1. The van der Waals surface area contributed by atoms with Gasteiger partial charge in [0.2, 0.25) is 11.8 Å². The van der Waals surface area contributed by atoms with Gasteiger partial charge in [0.15, 0.2) is 5.78 Å². The van der Waals surface area contributed by atoms with Gasteiger partial charge in [0.1, 0.15) is 0 Å². The monoisotopic (exact) mass is 498 g/mol. The number of allylic oxidation sites excluding steroid dienone is 1. The zero-order valence-corrected chi connectivity index (χ0v) is 20.6. The molecule has 0 bridgehead atoms. The predicted molar refractivity (Wildman–Crippen MR) is 154 cm³/mol. The quantitative estimate of drug-likeness (QED) is 0.195. The highest BCUT2D eigenvalue weighted by Crippen LogP contribution is 2.15. The van der Waals surface area contributed by atoms with Crippen LogP contribution in [0.2, 0.25) is 0 Å². The van der Waals surface area contributed by atoms with Crippen LogP contribution >= 0.6 is 0 Å². The minimum Gasteiger partial charge on any atom is -0.322 e. The first-order valence-electron chi connectivity index (χ1n) is 12.1. The number of anilines is 2. The number of carbonyl (C=O) groups excluding carboxylic acids is 3. The van der Waals surface area contributed by atoms with Crippen molar-refractivity contribution in [2.24, 2.45) is 0 Å². The summed E-state index contributed by atoms with van der Waals surface area (Å²) in [5.41, 5.74) is 4.21. The Morgan fingerprint density at radius 3 is 1.53 bits per heavy atom. The Morgan fingerprint density at radius 1 is 0.474 bits per heavy atom. The van der Waals surface area contributed by atoms with Crippen molar-refractivity contribution in [3.8, 4) is 0 Å². The van der Waals surface area contributed by atoms with Crippen LogP contribution in [0.4, 0.5) is 11.4 Å². The van der Waals surface area contributed by atoms with Crippen molar-refractivity contribution in [1.29, 1.82) is 0 Å². The van der Waals surface area contributed by atoms with Crippen LogP contribution in [-0.2, 0) is 9.59 Å². The van der Waals surface area contributed by atoms with Crippen molar-refractivity contribution >= 4 is 47.2 Å². The molecular weight excluding hydrogens is 472 g/mol. The summed E-state index contributed by atoms with van der Waals surface area (Å²) in [6.07, 6.45) is 9.55. The maximum absolute atomic E-state index is 12.8. The van der Waals surface area contributed by atoms with E-state index in [0.29, 0.717) is 16.9 Å². The Balaban J connectivity index is 1.35. The van der Waals surface area contributed by atoms with E-state index < -0.39 is 0 Å². The first kappa shape index (κ1) is 25.8. The molecule has 0 aliphatic rings. The van der Waals surface area contributed by atoms with Crippen LogP contribution in [-0.4, -0.2) is 17.6 Å². The standard InChI is InChI=1S/C33H26N2O3/c36-31(28-14-8-16-30(24-28)35-33(38)22-19-26-11-5-2-6-12-26)20-17-27-13-7-15-29(23-27)34-32(37)21-18-25-9-3-1-4-10-25/h1-24H,(H,34,37)(H,35,38)/b20-17+,21-18+,22-19-. The molecule has 38 heavy (non-hydrogen) atoms. The molecule has 2 amide bonds. The van der Waals surface area contributed by atoms with Gasteiger partial charge in [-0.2, -0.15) is 0 Å². The van der Waals surface area contributed by atoms with E-state index in [1.54, 1.807) is 60.7 Å². The van der Waals surface area contributed by atoms with Gasteiger partial charge in [-0.1, -0.05) is 91.0 Å². The van der Waals surface area contributed by atoms with Crippen LogP contribution in [0.5, 0.6) is 0 Å². The molecule has 2 N–H and O–H groups in total. The van der Waals surface area contributed by atoms with Crippen LogP contribution in [0, 0.1) is 0 Å². The average Bonchev–Trinajstić information content (AvgIpc) is 2.95. The molecule has 5 nitrogen and oxygen atoms in total. The van der Waals surface area contributed by atoms with Crippen molar-refractivity contribution in [3.05, 3.63) is 150 Å². The second-order valence-corrected chi connectivity index (χ2v) is 8.37. The number of ketones is 1. The second-order valence-electron chi connectivity index (χ2n) is 8.37. The molecule has 0 aliphatic heterocycles. The van der Waals surface area contributed by atoms with Gasteiger partial charge in [-0.3, -0.25) is 14.4 Å². The molecule has 0 radical (unpaired) electrons. The largest absolute Gasteiger partial charge is 0.322 e. The minimum absolute atomic E-state index is 0.207. The molecule has 4 aromatic rings. The third-order valence-electron chi connectivity index (χ3n) is 5.45. The minimum atomic E-state index is -0.286. The summed E-state index contributed by atoms with van der Waals surface area (Å²) in [7, 11) is 0. The zero-order valence-electron chi connectivity index (χ0n) is 20.6. The lowest BCUT2D eigenvalue weighted by molar-refractivity contribution is -0.112. The van der Waals surface area contributed by atoms with Gasteiger partial charge in [-0.15, -0.1) is 0 Å². The summed E-state index contributed by atoms with van der Waals surface area (Å²) in [5.74, 6) is -0.740. The first-order chi connectivity index (χ1) is 18.5. The summed E-state index contributed by atoms with van der Waals surface area (Å²) in [5, 5.41) is 5.61. The molecule has 0 unspecified atom stereocenters. The van der Waals surface area contributed by atoms with E-state index in [0.717, 1.165) is 16.7 Å². The third kappa shape index (κ3) is 8.14. The molecule has 0 saturated heterocycles. The Labute approximate surface area is 221 Å². The van der Waals surface area contributed by atoms with E-state index >= 15 is 0 Å². The van der Waals surface area contributed by atoms with Gasteiger partial charge in [0, 0.05) is 29.1 Å². The molecule has 0 spiro atoms. The van der Waals surface area contributed by atoms with E-state index in [1.165, 1.54) is 18.2 Å². The zero-order chi connectivity index (χ0) is 26.6. The van der Waals surface area contributed by atoms with E-state index in [2.05, 4.69) is 10.6 Å². The van der Waals surface area contributed by atoms with Gasteiger partial charge in [0.05, 0.1) is 0 Å². The van der Waals surface area contributed by atoms with Crippen LogP contribution in [0.25, 0.3) is 18.2 Å². The number of hydrogen-bond donors (Lipinski definition) is 2. The van der Waals surface area contributed by atoms with E-state index in [-0.39, 0.29) is 17.6 Å². The molecule has 0 heterocycles. The molecule has 0 aromatic heterocycles. The normalized spacial score (nSPS) is 11.2. The summed E-state index contributed by atoms with van der Waals surface area (Å²) in [4.78, 5) is 37.3. The van der Waals surface area contributed by atoms with Crippen LogP contribution in [0.1, 0.15) is 27.0 Å². The molecule has 0 saturated carbocycles. The SMILES string of the molecule is O=C(/C=C\c1ccccc1)Nc1cccc(C(=O)/C=C/c2cccc(NC(=O)/C=C/c3ccccc3)c2)c1. The topological polar surface area (TPSA) is 75.3 Å². The van der Waals surface area contributed by atoms with Crippen molar-refractivity contribution < 1.29 is 14.4 Å². The lowest BCUT2D eigenvalue weighted by Gasteiger charge is -2.05.